The molecule has 0 heterocycles. The molecule has 1 aromatic rings. The number of rotatable bonds is 3. The average Bonchev–Trinajstić information content (AvgIpc) is 2.16. The number of para-hydroxylation sites is 1. The Hall–Kier alpha value is -1.51. The number of ether oxygens (including phenoxy) is 1. The summed E-state index contributed by atoms with van der Waals surface area (Å²) in [6.45, 7) is 3.67. The number of esters is 1. The minimum absolute atomic E-state index is 0.129. The lowest BCUT2D eigenvalue weighted by atomic mass is 10.2. The second kappa shape index (κ2) is 4.65. The molecule has 1 aromatic carbocycles. The first kappa shape index (κ1) is 10.6. The van der Waals surface area contributed by atoms with Crippen molar-refractivity contribution in [2.75, 3.05) is 0 Å². The van der Waals surface area contributed by atoms with Crippen molar-refractivity contribution in [3.63, 3.8) is 0 Å². The normalized spacial score (nSPS) is 10.2. The van der Waals surface area contributed by atoms with Crippen LogP contribution in [0, 0.1) is 5.92 Å². The van der Waals surface area contributed by atoms with Crippen LogP contribution in [0.15, 0.2) is 24.3 Å². The molecule has 0 aliphatic rings. The molecule has 0 aliphatic carbocycles. The van der Waals surface area contributed by atoms with Crippen molar-refractivity contribution in [1.29, 1.82) is 0 Å². The van der Waals surface area contributed by atoms with Gasteiger partial charge in [-0.25, -0.2) is 0 Å². The molecule has 0 saturated carbocycles. The molecule has 0 aliphatic heterocycles. The molecule has 1 N–H and O–H groups in total. The van der Waals surface area contributed by atoms with Crippen molar-refractivity contribution in [3.8, 4) is 5.75 Å². The maximum Gasteiger partial charge on any atom is 0.308 e. The summed E-state index contributed by atoms with van der Waals surface area (Å²) in [4.78, 5) is 11.1. The van der Waals surface area contributed by atoms with Crippen molar-refractivity contribution in [3.05, 3.63) is 29.8 Å². The molecule has 0 fully saturated rings. The molecule has 0 spiro atoms. The van der Waals surface area contributed by atoms with E-state index in [9.17, 15) is 9.90 Å². The predicted molar refractivity (Wildman–Crippen MR) is 52.7 cm³/mol. The fourth-order valence-electron chi connectivity index (χ4n) is 0.948. The van der Waals surface area contributed by atoms with Crippen LogP contribution in [0.5, 0.6) is 5.75 Å². The summed E-state index contributed by atoms with van der Waals surface area (Å²) in [5, 5.41) is 9.37. The Morgan fingerprint density at radius 2 is 2.07 bits per heavy atom. The number of carbonyl (C=O) groups excluding carboxylic acids is 1. The number of benzene rings is 1. The highest BCUT2D eigenvalue weighted by molar-refractivity contribution is 5.71. The van der Waals surface area contributed by atoms with Gasteiger partial charge in [-0.1, -0.05) is 32.0 Å². The largest absolute Gasteiger partial charge is 0.508 e. The topological polar surface area (TPSA) is 46.5 Å². The van der Waals surface area contributed by atoms with Crippen LogP contribution in [0.2, 0.25) is 0 Å². The zero-order valence-electron chi connectivity index (χ0n) is 8.36. The van der Waals surface area contributed by atoms with E-state index in [0.717, 1.165) is 0 Å². The van der Waals surface area contributed by atoms with E-state index in [1.54, 1.807) is 38.1 Å². The van der Waals surface area contributed by atoms with Crippen molar-refractivity contribution in [2.45, 2.75) is 20.5 Å². The SMILES string of the molecule is CC(C)C(=O)OCc1ccccc1O. The Labute approximate surface area is 83.3 Å². The molecule has 1 rings (SSSR count). The standard InChI is InChI=1S/C11H14O3/c1-8(2)11(13)14-7-9-5-3-4-6-10(9)12/h3-6,8,12H,7H2,1-2H3. The molecule has 0 unspecified atom stereocenters. The zero-order valence-corrected chi connectivity index (χ0v) is 8.36. The van der Waals surface area contributed by atoms with Crippen LogP contribution in [0.4, 0.5) is 0 Å². The van der Waals surface area contributed by atoms with Gasteiger partial charge in [-0.15, -0.1) is 0 Å². The third-order valence-electron chi connectivity index (χ3n) is 1.83. The van der Waals surface area contributed by atoms with Gasteiger partial charge in [-0.2, -0.15) is 0 Å². The first-order valence-corrected chi connectivity index (χ1v) is 4.54. The van der Waals surface area contributed by atoms with Gasteiger partial charge in [0.15, 0.2) is 0 Å². The Morgan fingerprint density at radius 1 is 1.43 bits per heavy atom. The Morgan fingerprint density at radius 3 is 2.64 bits per heavy atom. The van der Waals surface area contributed by atoms with Gasteiger partial charge in [0.2, 0.25) is 0 Å². The number of carbonyl (C=O) groups is 1. The summed E-state index contributed by atoms with van der Waals surface area (Å²) in [7, 11) is 0. The molecule has 14 heavy (non-hydrogen) atoms. The van der Waals surface area contributed by atoms with E-state index < -0.39 is 0 Å². The molecular weight excluding hydrogens is 180 g/mol. The van der Waals surface area contributed by atoms with Crippen LogP contribution in [0.3, 0.4) is 0 Å². The van der Waals surface area contributed by atoms with E-state index >= 15 is 0 Å². The van der Waals surface area contributed by atoms with Crippen LogP contribution in [-0.2, 0) is 16.1 Å². The Balaban J connectivity index is 2.54. The van der Waals surface area contributed by atoms with E-state index in [4.69, 9.17) is 4.74 Å². The summed E-state index contributed by atoms with van der Waals surface area (Å²) in [5.74, 6) is -0.238. The Kier molecular flexibility index (Phi) is 3.51. The number of hydrogen-bond acceptors (Lipinski definition) is 3. The van der Waals surface area contributed by atoms with Crippen molar-refractivity contribution < 1.29 is 14.6 Å². The van der Waals surface area contributed by atoms with Crippen molar-refractivity contribution in [1.82, 2.24) is 0 Å². The third-order valence-corrected chi connectivity index (χ3v) is 1.83. The molecule has 3 heteroatoms. The van der Waals surface area contributed by atoms with Gasteiger partial charge in [0.05, 0.1) is 5.92 Å². The van der Waals surface area contributed by atoms with E-state index in [0.29, 0.717) is 5.56 Å². The molecule has 0 radical (unpaired) electrons. The van der Waals surface area contributed by atoms with Gasteiger partial charge in [-0.05, 0) is 6.07 Å². The molecule has 0 bridgehead atoms. The molecule has 0 aromatic heterocycles. The van der Waals surface area contributed by atoms with E-state index in [1.165, 1.54) is 0 Å². The monoisotopic (exact) mass is 194 g/mol. The van der Waals surface area contributed by atoms with Crippen LogP contribution in [-0.4, -0.2) is 11.1 Å². The second-order valence-corrected chi connectivity index (χ2v) is 3.39. The smallest absolute Gasteiger partial charge is 0.308 e. The second-order valence-electron chi connectivity index (χ2n) is 3.39. The molecule has 76 valence electrons. The summed E-state index contributed by atoms with van der Waals surface area (Å²) in [6, 6.07) is 6.81. The average molecular weight is 194 g/mol. The van der Waals surface area contributed by atoms with Gasteiger partial charge in [0.25, 0.3) is 0 Å². The van der Waals surface area contributed by atoms with Crippen molar-refractivity contribution in [2.24, 2.45) is 5.92 Å². The highest BCUT2D eigenvalue weighted by Crippen LogP contribution is 2.16. The molecule has 0 atom stereocenters. The van der Waals surface area contributed by atoms with Crippen LogP contribution < -0.4 is 0 Å². The Bertz CT molecular complexity index is 318. The van der Waals surface area contributed by atoms with Crippen molar-refractivity contribution >= 4 is 5.97 Å². The fourth-order valence-corrected chi connectivity index (χ4v) is 0.948. The number of hydrogen-bond donors (Lipinski definition) is 1. The quantitative estimate of drug-likeness (QED) is 0.749. The number of phenolic OH excluding ortho intramolecular Hbond substituents is 1. The van der Waals surface area contributed by atoms with E-state index in [2.05, 4.69) is 0 Å². The molecular formula is C11H14O3. The van der Waals surface area contributed by atoms with E-state index in [1.807, 2.05) is 0 Å². The highest BCUT2D eigenvalue weighted by atomic mass is 16.5. The summed E-state index contributed by atoms with van der Waals surface area (Å²) >= 11 is 0. The molecule has 3 nitrogen and oxygen atoms in total. The highest BCUT2D eigenvalue weighted by Gasteiger charge is 2.09. The van der Waals surface area contributed by atoms with Gasteiger partial charge >= 0.3 is 5.97 Å². The van der Waals surface area contributed by atoms with Gasteiger partial charge in [0, 0.05) is 5.56 Å². The maximum absolute atomic E-state index is 11.1. The zero-order chi connectivity index (χ0) is 10.6. The first-order valence-electron chi connectivity index (χ1n) is 4.54. The molecule has 0 saturated heterocycles. The van der Waals surface area contributed by atoms with Gasteiger partial charge < -0.3 is 9.84 Å². The number of aromatic hydroxyl groups is 1. The first-order chi connectivity index (χ1) is 6.61. The van der Waals surface area contributed by atoms with Gasteiger partial charge in [-0.3, -0.25) is 4.79 Å². The lowest BCUT2D eigenvalue weighted by Crippen LogP contribution is -2.11. The van der Waals surface area contributed by atoms with E-state index in [-0.39, 0.29) is 24.2 Å². The lowest BCUT2D eigenvalue weighted by molar-refractivity contribution is -0.148. The minimum atomic E-state index is -0.256. The van der Waals surface area contributed by atoms with Crippen LogP contribution in [0.25, 0.3) is 0 Å². The fraction of sp³-hybridized carbons (Fsp3) is 0.364. The summed E-state index contributed by atoms with van der Waals surface area (Å²) < 4.78 is 4.97. The lowest BCUT2D eigenvalue weighted by Gasteiger charge is -2.07. The maximum atomic E-state index is 11.1. The summed E-state index contributed by atoms with van der Waals surface area (Å²) in [5.41, 5.74) is 0.626. The predicted octanol–water partition coefficient (Wildman–Crippen LogP) is 2.09. The number of phenols is 1. The summed E-state index contributed by atoms with van der Waals surface area (Å²) in [6.07, 6.45) is 0. The third kappa shape index (κ3) is 2.76. The van der Waals surface area contributed by atoms with Crippen LogP contribution in [0.1, 0.15) is 19.4 Å². The molecule has 0 amide bonds. The van der Waals surface area contributed by atoms with Gasteiger partial charge in [0.1, 0.15) is 12.4 Å². The minimum Gasteiger partial charge on any atom is -0.508 e. The van der Waals surface area contributed by atoms with Crippen LogP contribution >= 0.6 is 0 Å².